The monoisotopic (exact) mass is 350 g/mol. The number of ether oxygens (including phenoxy) is 1. The van der Waals surface area contributed by atoms with Crippen molar-refractivity contribution in [2.75, 3.05) is 14.2 Å². The lowest BCUT2D eigenvalue weighted by atomic mass is 10.1. The predicted octanol–water partition coefficient (Wildman–Crippen LogP) is 3.09. The van der Waals surface area contributed by atoms with Crippen molar-refractivity contribution in [3.8, 4) is 11.4 Å². The number of hydrogen-bond acceptors (Lipinski definition) is 3. The molecule has 0 aliphatic rings. The highest BCUT2D eigenvalue weighted by atomic mass is 16.5. The molecular weight excluding hydrogens is 328 g/mol. The summed E-state index contributed by atoms with van der Waals surface area (Å²) in [7, 11) is 3.24. The SMILES string of the molecule is CNC(=O)NC(Cc1ccccc1)c1nccn1-c1ccccc1OC. The van der Waals surface area contributed by atoms with Gasteiger partial charge in [-0.2, -0.15) is 0 Å². The van der Waals surface area contributed by atoms with Gasteiger partial charge in [0.25, 0.3) is 0 Å². The molecule has 0 bridgehead atoms. The van der Waals surface area contributed by atoms with Crippen LogP contribution in [0.3, 0.4) is 0 Å². The Morgan fingerprint density at radius 3 is 2.62 bits per heavy atom. The first-order chi connectivity index (χ1) is 12.7. The van der Waals surface area contributed by atoms with Gasteiger partial charge in [0.1, 0.15) is 11.6 Å². The minimum atomic E-state index is -0.294. The molecule has 2 aromatic carbocycles. The van der Waals surface area contributed by atoms with Crippen molar-refractivity contribution in [1.29, 1.82) is 0 Å². The zero-order valence-corrected chi connectivity index (χ0v) is 14.8. The van der Waals surface area contributed by atoms with Gasteiger partial charge in [0.15, 0.2) is 0 Å². The third kappa shape index (κ3) is 3.85. The molecule has 1 unspecified atom stereocenters. The number of nitrogens with zero attached hydrogens (tertiary/aromatic N) is 2. The summed E-state index contributed by atoms with van der Waals surface area (Å²) in [5.74, 6) is 1.48. The first kappa shape index (κ1) is 17.5. The summed E-state index contributed by atoms with van der Waals surface area (Å²) >= 11 is 0. The molecule has 0 radical (unpaired) electrons. The van der Waals surface area contributed by atoms with E-state index in [0.29, 0.717) is 6.42 Å². The molecular formula is C20H22N4O2. The Balaban J connectivity index is 1.99. The quantitative estimate of drug-likeness (QED) is 0.718. The number of para-hydroxylation sites is 2. The van der Waals surface area contributed by atoms with E-state index in [2.05, 4.69) is 15.6 Å². The average molecular weight is 350 g/mol. The molecule has 3 rings (SSSR count). The van der Waals surface area contributed by atoms with Crippen LogP contribution in [0.25, 0.3) is 5.69 Å². The maximum absolute atomic E-state index is 12.0. The van der Waals surface area contributed by atoms with Crippen LogP contribution in [0.2, 0.25) is 0 Å². The summed E-state index contributed by atoms with van der Waals surface area (Å²) in [4.78, 5) is 16.5. The van der Waals surface area contributed by atoms with Crippen LogP contribution in [0.15, 0.2) is 67.0 Å². The summed E-state index contributed by atoms with van der Waals surface area (Å²) in [5, 5.41) is 5.60. The fourth-order valence-corrected chi connectivity index (χ4v) is 2.89. The summed E-state index contributed by atoms with van der Waals surface area (Å²) in [6.07, 6.45) is 4.22. The van der Waals surface area contributed by atoms with Gasteiger partial charge in [-0.25, -0.2) is 9.78 Å². The molecule has 26 heavy (non-hydrogen) atoms. The number of carbonyl (C=O) groups is 1. The first-order valence-corrected chi connectivity index (χ1v) is 8.41. The summed E-state index contributed by atoms with van der Waals surface area (Å²) in [6.45, 7) is 0. The molecule has 0 aliphatic heterocycles. The highest BCUT2D eigenvalue weighted by Gasteiger charge is 2.21. The van der Waals surface area contributed by atoms with Gasteiger partial charge < -0.3 is 15.4 Å². The van der Waals surface area contributed by atoms with Gasteiger partial charge in [-0.05, 0) is 24.1 Å². The van der Waals surface area contributed by atoms with Crippen molar-refractivity contribution in [2.45, 2.75) is 12.5 Å². The maximum Gasteiger partial charge on any atom is 0.315 e. The van der Waals surface area contributed by atoms with E-state index in [1.165, 1.54) is 0 Å². The van der Waals surface area contributed by atoms with Crippen LogP contribution in [-0.2, 0) is 6.42 Å². The highest BCUT2D eigenvalue weighted by Crippen LogP contribution is 2.26. The Kier molecular flexibility index (Phi) is 5.53. The van der Waals surface area contributed by atoms with Crippen LogP contribution in [-0.4, -0.2) is 29.7 Å². The zero-order chi connectivity index (χ0) is 18.4. The van der Waals surface area contributed by atoms with E-state index in [9.17, 15) is 4.79 Å². The molecule has 0 fully saturated rings. The second kappa shape index (κ2) is 8.20. The standard InChI is InChI=1S/C20H22N4O2/c1-21-20(25)23-16(14-15-8-4-3-5-9-15)19-22-12-13-24(19)17-10-6-7-11-18(17)26-2/h3-13,16H,14H2,1-2H3,(H2,21,23,25). The van der Waals surface area contributed by atoms with Gasteiger partial charge in [0, 0.05) is 19.4 Å². The normalized spacial score (nSPS) is 11.6. The van der Waals surface area contributed by atoms with Gasteiger partial charge in [-0.15, -0.1) is 0 Å². The molecule has 1 heterocycles. The topological polar surface area (TPSA) is 68.2 Å². The second-order valence-corrected chi connectivity index (χ2v) is 5.79. The Hall–Kier alpha value is -3.28. The van der Waals surface area contributed by atoms with E-state index in [1.807, 2.05) is 65.4 Å². The van der Waals surface area contributed by atoms with E-state index in [0.717, 1.165) is 22.8 Å². The van der Waals surface area contributed by atoms with Crippen molar-refractivity contribution >= 4 is 6.03 Å². The number of nitrogens with one attached hydrogen (secondary N) is 2. The zero-order valence-electron chi connectivity index (χ0n) is 14.8. The number of methoxy groups -OCH3 is 1. The van der Waals surface area contributed by atoms with E-state index >= 15 is 0 Å². The van der Waals surface area contributed by atoms with Crippen molar-refractivity contribution in [3.05, 3.63) is 78.4 Å². The lowest BCUT2D eigenvalue weighted by Crippen LogP contribution is -2.37. The minimum Gasteiger partial charge on any atom is -0.495 e. The second-order valence-electron chi connectivity index (χ2n) is 5.79. The fourth-order valence-electron chi connectivity index (χ4n) is 2.89. The van der Waals surface area contributed by atoms with E-state index in [-0.39, 0.29) is 12.1 Å². The number of benzene rings is 2. The summed E-state index contributed by atoms with van der Waals surface area (Å²) < 4.78 is 7.42. The highest BCUT2D eigenvalue weighted by molar-refractivity contribution is 5.74. The van der Waals surface area contributed by atoms with Crippen LogP contribution in [0.1, 0.15) is 17.4 Å². The van der Waals surface area contributed by atoms with Gasteiger partial charge in [-0.1, -0.05) is 42.5 Å². The number of aromatic nitrogens is 2. The molecule has 0 aliphatic carbocycles. The molecule has 6 nitrogen and oxygen atoms in total. The van der Waals surface area contributed by atoms with Crippen LogP contribution in [0.4, 0.5) is 4.79 Å². The number of hydrogen-bond donors (Lipinski definition) is 2. The van der Waals surface area contributed by atoms with Crippen LogP contribution in [0.5, 0.6) is 5.75 Å². The molecule has 2 N–H and O–H groups in total. The van der Waals surface area contributed by atoms with Crippen molar-refractivity contribution in [3.63, 3.8) is 0 Å². The molecule has 0 spiro atoms. The predicted molar refractivity (Wildman–Crippen MR) is 101 cm³/mol. The van der Waals surface area contributed by atoms with Gasteiger partial charge >= 0.3 is 6.03 Å². The van der Waals surface area contributed by atoms with Crippen LogP contribution in [0, 0.1) is 0 Å². The van der Waals surface area contributed by atoms with Crippen LogP contribution >= 0.6 is 0 Å². The van der Waals surface area contributed by atoms with Crippen molar-refractivity contribution in [2.24, 2.45) is 0 Å². The summed E-state index contributed by atoms with van der Waals surface area (Å²) in [6, 6.07) is 17.2. The number of amides is 2. The molecule has 1 aromatic heterocycles. The molecule has 2 amide bonds. The molecule has 0 saturated heterocycles. The minimum absolute atomic E-state index is 0.250. The molecule has 3 aromatic rings. The Morgan fingerprint density at radius 1 is 1.15 bits per heavy atom. The first-order valence-electron chi connectivity index (χ1n) is 8.41. The summed E-state index contributed by atoms with van der Waals surface area (Å²) in [5.41, 5.74) is 1.99. The van der Waals surface area contributed by atoms with Crippen molar-refractivity contribution < 1.29 is 9.53 Å². The fraction of sp³-hybridized carbons (Fsp3) is 0.200. The molecule has 6 heteroatoms. The largest absolute Gasteiger partial charge is 0.495 e. The number of carbonyl (C=O) groups excluding carboxylic acids is 1. The lowest BCUT2D eigenvalue weighted by molar-refractivity contribution is 0.238. The molecule has 134 valence electrons. The Bertz CT molecular complexity index is 861. The van der Waals surface area contributed by atoms with Gasteiger partial charge in [0.05, 0.1) is 18.8 Å². The third-order valence-electron chi connectivity index (χ3n) is 4.14. The van der Waals surface area contributed by atoms with E-state index < -0.39 is 0 Å². The van der Waals surface area contributed by atoms with E-state index in [1.54, 1.807) is 20.4 Å². The molecule has 1 atom stereocenters. The third-order valence-corrected chi connectivity index (χ3v) is 4.14. The van der Waals surface area contributed by atoms with Gasteiger partial charge in [0.2, 0.25) is 0 Å². The molecule has 0 saturated carbocycles. The average Bonchev–Trinajstić information content (AvgIpc) is 3.17. The van der Waals surface area contributed by atoms with Crippen LogP contribution < -0.4 is 15.4 Å². The number of urea groups is 1. The van der Waals surface area contributed by atoms with E-state index in [4.69, 9.17) is 4.74 Å². The number of rotatable bonds is 6. The smallest absolute Gasteiger partial charge is 0.315 e. The Morgan fingerprint density at radius 2 is 1.88 bits per heavy atom. The van der Waals surface area contributed by atoms with Gasteiger partial charge in [-0.3, -0.25) is 4.57 Å². The van der Waals surface area contributed by atoms with Crippen molar-refractivity contribution in [1.82, 2.24) is 20.2 Å². The lowest BCUT2D eigenvalue weighted by Gasteiger charge is -2.21. The number of imidazole rings is 1. The Labute approximate surface area is 152 Å². The maximum atomic E-state index is 12.0.